The third-order valence-electron chi connectivity index (χ3n) is 3.79. The van der Waals surface area contributed by atoms with E-state index >= 15 is 0 Å². The van der Waals surface area contributed by atoms with Gasteiger partial charge in [-0.15, -0.1) is 12.4 Å². The van der Waals surface area contributed by atoms with Gasteiger partial charge in [-0.25, -0.2) is 0 Å². The van der Waals surface area contributed by atoms with Crippen molar-refractivity contribution in [1.82, 2.24) is 9.78 Å². The minimum Gasteiger partial charge on any atom is -0.385 e. The van der Waals surface area contributed by atoms with Crippen LogP contribution in [0.25, 0.3) is 0 Å². The van der Waals surface area contributed by atoms with Gasteiger partial charge in [-0.2, -0.15) is 5.10 Å². The number of carbonyl (C=O) groups excluding carboxylic acids is 1. The monoisotopic (exact) mass is 320 g/mol. The molecule has 5 nitrogen and oxygen atoms in total. The molecule has 0 bridgehead atoms. The van der Waals surface area contributed by atoms with E-state index in [1.54, 1.807) is 10.9 Å². The van der Waals surface area contributed by atoms with Crippen LogP contribution in [0.15, 0.2) is 24.4 Å². The van der Waals surface area contributed by atoms with Gasteiger partial charge in [-0.05, 0) is 43.0 Å². The summed E-state index contributed by atoms with van der Waals surface area (Å²) < 4.78 is 1.69. The molecule has 6 heteroatoms. The van der Waals surface area contributed by atoms with Gasteiger partial charge in [0.15, 0.2) is 0 Å². The van der Waals surface area contributed by atoms with E-state index in [1.807, 2.05) is 26.1 Å². The summed E-state index contributed by atoms with van der Waals surface area (Å²) >= 11 is 0. The van der Waals surface area contributed by atoms with Crippen LogP contribution in [0.5, 0.6) is 0 Å². The van der Waals surface area contributed by atoms with E-state index in [0.717, 1.165) is 37.2 Å². The van der Waals surface area contributed by atoms with Gasteiger partial charge in [-0.1, -0.05) is 6.92 Å². The Hall–Kier alpha value is -2.01. The van der Waals surface area contributed by atoms with E-state index in [1.165, 1.54) is 11.3 Å². The Labute approximate surface area is 136 Å². The van der Waals surface area contributed by atoms with E-state index < -0.39 is 0 Å². The van der Waals surface area contributed by atoms with Crippen molar-refractivity contribution in [2.45, 2.75) is 26.2 Å². The predicted molar refractivity (Wildman–Crippen MR) is 91.0 cm³/mol. The molecule has 22 heavy (non-hydrogen) atoms. The third kappa shape index (κ3) is 3.25. The number of nitrogens with one attached hydrogen (secondary N) is 2. The number of rotatable bonds is 3. The summed E-state index contributed by atoms with van der Waals surface area (Å²) in [5.41, 5.74) is 4.76. The molecule has 0 radical (unpaired) electrons. The number of hydrogen-bond acceptors (Lipinski definition) is 3. The van der Waals surface area contributed by atoms with Gasteiger partial charge in [0.25, 0.3) is 5.91 Å². The Morgan fingerprint density at radius 2 is 2.27 bits per heavy atom. The summed E-state index contributed by atoms with van der Waals surface area (Å²) in [6.45, 7) is 3.03. The molecule has 2 N–H and O–H groups in total. The van der Waals surface area contributed by atoms with Crippen molar-refractivity contribution in [3.63, 3.8) is 0 Å². The molecule has 1 aliphatic rings. The highest BCUT2D eigenvalue weighted by Crippen LogP contribution is 2.25. The zero-order valence-corrected chi connectivity index (χ0v) is 13.7. The van der Waals surface area contributed by atoms with Crippen molar-refractivity contribution >= 4 is 29.7 Å². The maximum absolute atomic E-state index is 12.4. The SMILES string of the molecule is CCc1nn(C)cc1C(=O)Nc1ccc2c(c1)CCCN2.Cl. The number of benzene rings is 1. The van der Waals surface area contributed by atoms with E-state index in [4.69, 9.17) is 0 Å². The van der Waals surface area contributed by atoms with Gasteiger partial charge in [0, 0.05) is 31.2 Å². The van der Waals surface area contributed by atoms with Gasteiger partial charge in [-0.3, -0.25) is 9.48 Å². The van der Waals surface area contributed by atoms with Crippen LogP contribution in [-0.4, -0.2) is 22.2 Å². The van der Waals surface area contributed by atoms with Crippen LogP contribution in [0.2, 0.25) is 0 Å². The summed E-state index contributed by atoms with van der Waals surface area (Å²) in [5, 5.41) is 10.7. The van der Waals surface area contributed by atoms with E-state index in [-0.39, 0.29) is 18.3 Å². The first kappa shape index (κ1) is 16.4. The second kappa shape index (κ2) is 6.83. The first-order valence-corrected chi connectivity index (χ1v) is 7.38. The molecule has 1 aromatic carbocycles. The molecular formula is C16H21ClN4O. The van der Waals surface area contributed by atoms with Gasteiger partial charge >= 0.3 is 0 Å². The minimum atomic E-state index is -0.0938. The Morgan fingerprint density at radius 1 is 1.45 bits per heavy atom. The fourth-order valence-corrected chi connectivity index (χ4v) is 2.74. The second-order valence-corrected chi connectivity index (χ2v) is 5.37. The number of fused-ring (bicyclic) bond motifs is 1. The molecule has 1 aromatic heterocycles. The lowest BCUT2D eigenvalue weighted by Gasteiger charge is -2.18. The quantitative estimate of drug-likeness (QED) is 0.914. The maximum atomic E-state index is 12.4. The molecule has 0 atom stereocenters. The van der Waals surface area contributed by atoms with Crippen LogP contribution in [0.3, 0.4) is 0 Å². The summed E-state index contributed by atoms with van der Waals surface area (Å²) in [7, 11) is 1.83. The smallest absolute Gasteiger partial charge is 0.259 e. The molecule has 2 aromatic rings. The summed E-state index contributed by atoms with van der Waals surface area (Å²) in [6.07, 6.45) is 4.71. The normalized spacial score (nSPS) is 12.8. The summed E-state index contributed by atoms with van der Waals surface area (Å²) in [4.78, 5) is 12.4. The van der Waals surface area contributed by atoms with Gasteiger partial charge in [0.2, 0.25) is 0 Å². The van der Waals surface area contributed by atoms with Crippen molar-refractivity contribution in [2.75, 3.05) is 17.2 Å². The average molecular weight is 321 g/mol. The number of aryl methyl sites for hydroxylation is 3. The van der Waals surface area contributed by atoms with Crippen molar-refractivity contribution in [3.8, 4) is 0 Å². The van der Waals surface area contributed by atoms with Crippen molar-refractivity contribution in [3.05, 3.63) is 41.2 Å². The minimum absolute atomic E-state index is 0. The first-order valence-electron chi connectivity index (χ1n) is 7.38. The Morgan fingerprint density at radius 3 is 3.05 bits per heavy atom. The lowest BCUT2D eigenvalue weighted by Crippen LogP contribution is -2.15. The Balaban J connectivity index is 0.00000176. The standard InChI is InChI=1S/C16H20N4O.ClH/c1-3-14-13(10-20(2)19-14)16(21)18-12-6-7-15-11(9-12)5-4-8-17-15;/h6-7,9-10,17H,3-5,8H2,1-2H3,(H,18,21);1H. The van der Waals surface area contributed by atoms with Crippen LogP contribution in [0.4, 0.5) is 11.4 Å². The van der Waals surface area contributed by atoms with E-state index in [9.17, 15) is 4.79 Å². The van der Waals surface area contributed by atoms with Crippen molar-refractivity contribution in [2.24, 2.45) is 7.05 Å². The fourth-order valence-electron chi connectivity index (χ4n) is 2.74. The van der Waals surface area contributed by atoms with Crippen molar-refractivity contribution in [1.29, 1.82) is 0 Å². The molecule has 0 saturated heterocycles. The van der Waals surface area contributed by atoms with Crippen LogP contribution in [-0.2, 0) is 19.9 Å². The van der Waals surface area contributed by atoms with Crippen LogP contribution in [0, 0.1) is 0 Å². The maximum Gasteiger partial charge on any atom is 0.259 e. The second-order valence-electron chi connectivity index (χ2n) is 5.37. The Bertz CT molecular complexity index is 681. The highest BCUT2D eigenvalue weighted by molar-refractivity contribution is 6.05. The number of amides is 1. The van der Waals surface area contributed by atoms with Gasteiger partial charge in [0.05, 0.1) is 11.3 Å². The largest absolute Gasteiger partial charge is 0.385 e. The third-order valence-corrected chi connectivity index (χ3v) is 3.79. The zero-order valence-electron chi connectivity index (χ0n) is 12.8. The lowest BCUT2D eigenvalue weighted by molar-refractivity contribution is 0.102. The van der Waals surface area contributed by atoms with Crippen molar-refractivity contribution < 1.29 is 4.79 Å². The first-order chi connectivity index (χ1) is 10.2. The molecule has 0 aliphatic carbocycles. The molecule has 0 saturated carbocycles. The highest BCUT2D eigenvalue weighted by Gasteiger charge is 2.15. The molecule has 1 aliphatic heterocycles. The average Bonchev–Trinajstić information content (AvgIpc) is 2.88. The number of carbonyl (C=O) groups is 1. The number of halogens is 1. The summed E-state index contributed by atoms with van der Waals surface area (Å²) in [5.74, 6) is -0.0938. The molecule has 3 rings (SSSR count). The van der Waals surface area contributed by atoms with E-state index in [2.05, 4.69) is 21.8 Å². The molecule has 2 heterocycles. The van der Waals surface area contributed by atoms with Gasteiger partial charge in [0.1, 0.15) is 0 Å². The molecular weight excluding hydrogens is 300 g/mol. The molecule has 0 fully saturated rings. The summed E-state index contributed by atoms with van der Waals surface area (Å²) in [6, 6.07) is 6.03. The number of anilines is 2. The molecule has 0 unspecified atom stereocenters. The van der Waals surface area contributed by atoms with Gasteiger partial charge < -0.3 is 10.6 Å². The topological polar surface area (TPSA) is 59.0 Å². The highest BCUT2D eigenvalue weighted by atomic mass is 35.5. The van der Waals surface area contributed by atoms with Crippen LogP contribution < -0.4 is 10.6 Å². The zero-order chi connectivity index (χ0) is 14.8. The Kier molecular flexibility index (Phi) is 5.08. The molecule has 1 amide bonds. The van der Waals surface area contributed by atoms with E-state index in [0.29, 0.717) is 5.56 Å². The molecule has 118 valence electrons. The lowest BCUT2D eigenvalue weighted by atomic mass is 10.0. The number of nitrogens with zero attached hydrogens (tertiary/aromatic N) is 2. The van der Waals surface area contributed by atoms with Crippen LogP contribution >= 0.6 is 12.4 Å². The number of hydrogen-bond donors (Lipinski definition) is 2. The predicted octanol–water partition coefficient (Wildman–Crippen LogP) is 3.01. The molecule has 0 spiro atoms. The fraction of sp³-hybridized carbons (Fsp3) is 0.375. The number of aromatic nitrogens is 2. The van der Waals surface area contributed by atoms with Crippen LogP contribution in [0.1, 0.15) is 35.0 Å².